The monoisotopic (exact) mass is 282 g/mol. The third kappa shape index (κ3) is 3.10. The molecule has 1 unspecified atom stereocenters. The van der Waals surface area contributed by atoms with Crippen LogP contribution >= 0.6 is 0 Å². The topological polar surface area (TPSA) is 83.8 Å². The van der Waals surface area contributed by atoms with Crippen molar-refractivity contribution in [2.75, 3.05) is 0 Å². The van der Waals surface area contributed by atoms with E-state index in [0.717, 1.165) is 19.3 Å². The van der Waals surface area contributed by atoms with Crippen LogP contribution in [0.5, 0.6) is 0 Å². The highest BCUT2D eigenvalue weighted by molar-refractivity contribution is 5.89. The average Bonchev–Trinajstić information content (AvgIpc) is 2.55. The number of allylic oxidation sites excluding steroid dienone is 1. The molecule has 5 nitrogen and oxygen atoms in total. The first-order valence-electron chi connectivity index (χ1n) is 7.31. The third-order valence-electron chi connectivity index (χ3n) is 4.20. The first kappa shape index (κ1) is 15.2. The van der Waals surface area contributed by atoms with Crippen LogP contribution in [0.1, 0.15) is 39.0 Å². The Bertz CT molecular complexity index is 403. The maximum absolute atomic E-state index is 11.7. The fourth-order valence-electron chi connectivity index (χ4n) is 3.04. The summed E-state index contributed by atoms with van der Waals surface area (Å²) in [5.74, 6) is -1.11. The van der Waals surface area contributed by atoms with Gasteiger partial charge in [-0.3, -0.25) is 9.59 Å². The van der Waals surface area contributed by atoms with Crippen LogP contribution in [0.3, 0.4) is 0 Å². The molecular formula is C15H22O5. The molecule has 1 saturated carbocycles. The molecule has 1 saturated heterocycles. The SMILES string of the molecule is CCCCCC(=O)C=C[C@H]1[C@H]2CC(=O)OC([C@H]1O)[C@H]2O. The lowest BCUT2D eigenvalue weighted by Gasteiger charge is -2.25. The van der Waals surface area contributed by atoms with Crippen molar-refractivity contribution < 1.29 is 24.5 Å². The summed E-state index contributed by atoms with van der Waals surface area (Å²) in [6.45, 7) is 2.08. The molecule has 2 N–H and O–H groups in total. The van der Waals surface area contributed by atoms with Gasteiger partial charge in [0, 0.05) is 18.3 Å². The van der Waals surface area contributed by atoms with Crippen molar-refractivity contribution in [3.8, 4) is 0 Å². The van der Waals surface area contributed by atoms with Crippen LogP contribution < -0.4 is 0 Å². The molecule has 5 heteroatoms. The number of aliphatic hydroxyl groups is 2. The van der Waals surface area contributed by atoms with Crippen molar-refractivity contribution in [3.05, 3.63) is 12.2 Å². The summed E-state index contributed by atoms with van der Waals surface area (Å²) in [5, 5.41) is 20.0. The molecule has 0 aromatic carbocycles. The third-order valence-corrected chi connectivity index (χ3v) is 4.20. The zero-order chi connectivity index (χ0) is 14.7. The van der Waals surface area contributed by atoms with E-state index in [9.17, 15) is 19.8 Å². The van der Waals surface area contributed by atoms with E-state index in [-0.39, 0.29) is 18.1 Å². The number of carbonyl (C=O) groups is 2. The van der Waals surface area contributed by atoms with E-state index in [1.54, 1.807) is 6.08 Å². The molecule has 112 valence electrons. The van der Waals surface area contributed by atoms with E-state index in [0.29, 0.717) is 6.42 Å². The highest BCUT2D eigenvalue weighted by atomic mass is 16.6. The van der Waals surface area contributed by atoms with Gasteiger partial charge in [0.1, 0.15) is 6.10 Å². The van der Waals surface area contributed by atoms with Crippen LogP contribution in [0.25, 0.3) is 0 Å². The Morgan fingerprint density at radius 2 is 2.10 bits per heavy atom. The predicted octanol–water partition coefficient (Wildman–Crippen LogP) is 0.975. The summed E-state index contributed by atoms with van der Waals surface area (Å²) in [5.41, 5.74) is 0. The Balaban J connectivity index is 1.95. The normalized spacial score (nSPS) is 36.4. The molecule has 2 bridgehead atoms. The summed E-state index contributed by atoms with van der Waals surface area (Å²) in [7, 11) is 0. The number of ketones is 1. The maximum atomic E-state index is 11.7. The van der Waals surface area contributed by atoms with E-state index < -0.39 is 30.2 Å². The van der Waals surface area contributed by atoms with Crippen LogP contribution in [0.4, 0.5) is 0 Å². The van der Waals surface area contributed by atoms with Gasteiger partial charge in [-0.05, 0) is 12.5 Å². The van der Waals surface area contributed by atoms with Crippen molar-refractivity contribution in [1.29, 1.82) is 0 Å². The minimum Gasteiger partial charge on any atom is -0.457 e. The number of rotatable bonds is 6. The number of ether oxygens (including phenoxy) is 1. The van der Waals surface area contributed by atoms with Crippen molar-refractivity contribution in [3.63, 3.8) is 0 Å². The Kier molecular flexibility index (Phi) is 4.94. The van der Waals surface area contributed by atoms with Crippen molar-refractivity contribution in [1.82, 2.24) is 0 Å². The van der Waals surface area contributed by atoms with Gasteiger partial charge in [0.15, 0.2) is 11.9 Å². The molecule has 0 amide bonds. The summed E-state index contributed by atoms with van der Waals surface area (Å²) in [4.78, 5) is 23.0. The van der Waals surface area contributed by atoms with E-state index in [2.05, 4.69) is 6.92 Å². The van der Waals surface area contributed by atoms with Gasteiger partial charge in [0.05, 0.1) is 12.5 Å². The largest absolute Gasteiger partial charge is 0.457 e. The van der Waals surface area contributed by atoms with Crippen LogP contribution in [0.2, 0.25) is 0 Å². The second kappa shape index (κ2) is 6.50. The molecule has 0 aromatic heterocycles. The van der Waals surface area contributed by atoms with Crippen molar-refractivity contribution in [2.24, 2.45) is 11.8 Å². The highest BCUT2D eigenvalue weighted by Gasteiger charge is 2.54. The molecule has 20 heavy (non-hydrogen) atoms. The number of hydrogen-bond acceptors (Lipinski definition) is 5. The number of fused-ring (bicyclic) bond motifs is 2. The number of hydrogen-bond donors (Lipinski definition) is 2. The lowest BCUT2D eigenvalue weighted by atomic mass is 9.89. The summed E-state index contributed by atoms with van der Waals surface area (Å²) in [6.07, 6.45) is 4.03. The van der Waals surface area contributed by atoms with E-state index in [1.807, 2.05) is 0 Å². The summed E-state index contributed by atoms with van der Waals surface area (Å²) in [6, 6.07) is 0. The lowest BCUT2D eigenvalue weighted by Crippen LogP contribution is -2.40. The van der Waals surface area contributed by atoms with Crippen LogP contribution in [-0.4, -0.2) is 40.3 Å². The van der Waals surface area contributed by atoms with Crippen LogP contribution in [0.15, 0.2) is 12.2 Å². The zero-order valence-electron chi connectivity index (χ0n) is 11.7. The van der Waals surface area contributed by atoms with Gasteiger partial charge in [0.2, 0.25) is 0 Å². The quantitative estimate of drug-likeness (QED) is 0.431. The van der Waals surface area contributed by atoms with Crippen molar-refractivity contribution >= 4 is 11.8 Å². The van der Waals surface area contributed by atoms with E-state index in [1.165, 1.54) is 6.08 Å². The molecule has 0 aromatic rings. The molecular weight excluding hydrogens is 260 g/mol. The molecule has 2 aliphatic rings. The minimum absolute atomic E-state index is 0.0221. The molecule has 0 radical (unpaired) electrons. The first-order valence-corrected chi connectivity index (χ1v) is 7.31. The van der Waals surface area contributed by atoms with Gasteiger partial charge >= 0.3 is 5.97 Å². The van der Waals surface area contributed by atoms with Gasteiger partial charge < -0.3 is 14.9 Å². The fourth-order valence-corrected chi connectivity index (χ4v) is 3.04. The predicted molar refractivity (Wildman–Crippen MR) is 71.8 cm³/mol. The van der Waals surface area contributed by atoms with E-state index in [4.69, 9.17) is 4.74 Å². The Morgan fingerprint density at radius 1 is 1.35 bits per heavy atom. The molecule has 0 spiro atoms. The van der Waals surface area contributed by atoms with Crippen LogP contribution in [-0.2, 0) is 14.3 Å². The fraction of sp³-hybridized carbons (Fsp3) is 0.733. The smallest absolute Gasteiger partial charge is 0.306 e. The second-order valence-corrected chi connectivity index (χ2v) is 5.66. The highest BCUT2D eigenvalue weighted by Crippen LogP contribution is 2.41. The Hall–Kier alpha value is -1.20. The molecule has 2 rings (SSSR count). The van der Waals surface area contributed by atoms with Gasteiger partial charge in [-0.25, -0.2) is 0 Å². The Labute approximate surface area is 118 Å². The lowest BCUT2D eigenvalue weighted by molar-refractivity contribution is -0.168. The number of aliphatic hydroxyl groups excluding tert-OH is 2. The van der Waals surface area contributed by atoms with Gasteiger partial charge in [-0.2, -0.15) is 0 Å². The maximum Gasteiger partial charge on any atom is 0.306 e. The standard InChI is InChI=1S/C15H22O5/c1-2-3-4-5-9(16)6-7-10-11-8-12(17)20-15(13(10)18)14(11)19/h6-7,10-11,13-15,18-19H,2-5,8H2,1H3/t10-,11+,13-,14-,15?/m0/s1. The van der Waals surface area contributed by atoms with Gasteiger partial charge in [-0.15, -0.1) is 0 Å². The molecule has 1 aliphatic carbocycles. The summed E-state index contributed by atoms with van der Waals surface area (Å²) < 4.78 is 4.96. The zero-order valence-corrected chi connectivity index (χ0v) is 11.7. The number of unbranched alkanes of at least 4 members (excludes halogenated alkanes) is 2. The van der Waals surface area contributed by atoms with Gasteiger partial charge in [0.25, 0.3) is 0 Å². The Morgan fingerprint density at radius 3 is 2.80 bits per heavy atom. The summed E-state index contributed by atoms with van der Waals surface area (Å²) >= 11 is 0. The number of esters is 1. The molecule has 5 atom stereocenters. The average molecular weight is 282 g/mol. The van der Waals surface area contributed by atoms with Gasteiger partial charge in [-0.1, -0.05) is 25.8 Å². The second-order valence-electron chi connectivity index (χ2n) is 5.66. The van der Waals surface area contributed by atoms with E-state index >= 15 is 0 Å². The molecule has 2 fully saturated rings. The molecule has 1 aliphatic heterocycles. The van der Waals surface area contributed by atoms with Crippen molar-refractivity contribution in [2.45, 2.75) is 57.3 Å². The number of carbonyl (C=O) groups excluding carboxylic acids is 2. The first-order chi connectivity index (χ1) is 9.54. The minimum atomic E-state index is -0.929. The van der Waals surface area contributed by atoms with Crippen LogP contribution in [0, 0.1) is 11.8 Å². The molecule has 1 heterocycles.